The maximum atomic E-state index is 11.3. The fraction of sp³-hybridized carbons (Fsp3) is 0.455. The Bertz CT molecular complexity index is 428. The molecule has 1 unspecified atom stereocenters. The van der Waals surface area contributed by atoms with Crippen LogP contribution in [-0.4, -0.2) is 27.0 Å². The van der Waals surface area contributed by atoms with Gasteiger partial charge in [0.2, 0.25) is 0 Å². The highest BCUT2D eigenvalue weighted by Crippen LogP contribution is 2.17. The van der Waals surface area contributed by atoms with Crippen LogP contribution in [-0.2, 0) is 9.84 Å². The predicted molar refractivity (Wildman–Crippen MR) is 67.6 cm³/mol. The molecule has 0 aliphatic heterocycles. The summed E-state index contributed by atoms with van der Waals surface area (Å²) in [6.07, 6.45) is 1.24. The summed E-state index contributed by atoms with van der Waals surface area (Å²) in [7, 11) is -3.00. The monoisotopic (exact) mass is 261 g/mol. The van der Waals surface area contributed by atoms with E-state index in [1.807, 2.05) is 19.1 Å². The molecule has 0 heterocycles. The average Bonchev–Trinajstić information content (AvgIpc) is 2.16. The van der Waals surface area contributed by atoms with Gasteiger partial charge in [-0.05, 0) is 24.2 Å². The minimum Gasteiger partial charge on any atom is -0.309 e. The summed E-state index contributed by atoms with van der Waals surface area (Å²) in [5.74, 6) is 0.0997. The Labute approximate surface area is 102 Å². The number of sulfone groups is 1. The van der Waals surface area contributed by atoms with E-state index in [2.05, 4.69) is 5.32 Å². The van der Waals surface area contributed by atoms with E-state index in [0.717, 1.165) is 12.1 Å². The van der Waals surface area contributed by atoms with E-state index >= 15 is 0 Å². The standard InChI is InChI=1S/C11H16ClNO2S/c1-3-13-11(8-16(2,14)15)9-4-6-10(12)7-5-9/h4-7,11,13H,3,8H2,1-2H3. The third-order valence-electron chi connectivity index (χ3n) is 2.19. The van der Waals surface area contributed by atoms with Gasteiger partial charge in [0.05, 0.1) is 5.75 Å². The van der Waals surface area contributed by atoms with Gasteiger partial charge in [-0.15, -0.1) is 0 Å². The smallest absolute Gasteiger partial charge is 0.149 e. The van der Waals surface area contributed by atoms with Gasteiger partial charge in [0.1, 0.15) is 9.84 Å². The normalized spacial score (nSPS) is 13.7. The van der Waals surface area contributed by atoms with E-state index in [4.69, 9.17) is 11.6 Å². The molecule has 0 saturated heterocycles. The van der Waals surface area contributed by atoms with E-state index < -0.39 is 9.84 Å². The Balaban J connectivity index is 2.89. The zero-order chi connectivity index (χ0) is 12.2. The van der Waals surface area contributed by atoms with Crippen molar-refractivity contribution in [3.8, 4) is 0 Å². The molecule has 1 rings (SSSR count). The first-order chi connectivity index (χ1) is 7.42. The van der Waals surface area contributed by atoms with Crippen molar-refractivity contribution in [2.75, 3.05) is 18.6 Å². The summed E-state index contributed by atoms with van der Waals surface area (Å²) in [5.41, 5.74) is 0.941. The van der Waals surface area contributed by atoms with Gasteiger partial charge >= 0.3 is 0 Å². The fourth-order valence-electron chi connectivity index (χ4n) is 1.52. The van der Waals surface area contributed by atoms with Gasteiger partial charge in [-0.3, -0.25) is 0 Å². The molecule has 1 aromatic carbocycles. The van der Waals surface area contributed by atoms with Gasteiger partial charge in [-0.25, -0.2) is 8.42 Å². The molecule has 0 aromatic heterocycles. The summed E-state index contributed by atoms with van der Waals surface area (Å²) in [4.78, 5) is 0. The largest absolute Gasteiger partial charge is 0.309 e. The average molecular weight is 262 g/mol. The number of hydrogen-bond donors (Lipinski definition) is 1. The number of nitrogens with one attached hydrogen (secondary N) is 1. The lowest BCUT2D eigenvalue weighted by molar-refractivity contribution is 0.563. The minimum absolute atomic E-state index is 0.0997. The second-order valence-corrected chi connectivity index (χ2v) is 6.38. The van der Waals surface area contributed by atoms with Crippen molar-refractivity contribution in [2.24, 2.45) is 0 Å². The minimum atomic E-state index is -3.00. The van der Waals surface area contributed by atoms with E-state index in [0.29, 0.717) is 5.02 Å². The molecule has 5 heteroatoms. The second kappa shape index (κ2) is 5.66. The molecule has 0 saturated carbocycles. The lowest BCUT2D eigenvalue weighted by atomic mass is 10.1. The van der Waals surface area contributed by atoms with Crippen molar-refractivity contribution in [1.29, 1.82) is 0 Å². The van der Waals surface area contributed by atoms with Gasteiger partial charge in [-0.1, -0.05) is 30.7 Å². The van der Waals surface area contributed by atoms with Gasteiger partial charge < -0.3 is 5.32 Å². The van der Waals surface area contributed by atoms with Gasteiger partial charge in [-0.2, -0.15) is 0 Å². The van der Waals surface area contributed by atoms with Gasteiger partial charge in [0, 0.05) is 17.3 Å². The highest BCUT2D eigenvalue weighted by molar-refractivity contribution is 7.90. The van der Waals surface area contributed by atoms with Crippen LogP contribution in [0.15, 0.2) is 24.3 Å². The summed E-state index contributed by atoms with van der Waals surface area (Å²) < 4.78 is 22.6. The quantitative estimate of drug-likeness (QED) is 0.882. The second-order valence-electron chi connectivity index (χ2n) is 3.75. The summed E-state index contributed by atoms with van der Waals surface area (Å²) in [5, 5.41) is 3.80. The van der Waals surface area contributed by atoms with Crippen molar-refractivity contribution < 1.29 is 8.42 Å². The summed E-state index contributed by atoms with van der Waals surface area (Å²) in [6.45, 7) is 2.67. The van der Waals surface area contributed by atoms with Crippen LogP contribution in [0.3, 0.4) is 0 Å². The predicted octanol–water partition coefficient (Wildman–Crippen LogP) is 2.04. The first kappa shape index (κ1) is 13.5. The molecule has 0 radical (unpaired) electrons. The Morgan fingerprint density at radius 1 is 1.31 bits per heavy atom. The van der Waals surface area contributed by atoms with Crippen LogP contribution in [0.4, 0.5) is 0 Å². The first-order valence-corrected chi connectivity index (χ1v) is 7.53. The van der Waals surface area contributed by atoms with E-state index in [1.54, 1.807) is 12.1 Å². The number of hydrogen-bond acceptors (Lipinski definition) is 3. The van der Waals surface area contributed by atoms with E-state index in [1.165, 1.54) is 6.26 Å². The third kappa shape index (κ3) is 4.51. The summed E-state index contributed by atoms with van der Waals surface area (Å²) in [6, 6.07) is 7.06. The van der Waals surface area contributed by atoms with Crippen LogP contribution in [0, 0.1) is 0 Å². The third-order valence-corrected chi connectivity index (χ3v) is 3.38. The fourth-order valence-corrected chi connectivity index (χ4v) is 2.56. The molecule has 16 heavy (non-hydrogen) atoms. The number of benzene rings is 1. The SMILES string of the molecule is CCNC(CS(C)(=O)=O)c1ccc(Cl)cc1. The molecule has 0 aliphatic carbocycles. The Morgan fingerprint density at radius 3 is 2.31 bits per heavy atom. The van der Waals surface area contributed by atoms with E-state index in [9.17, 15) is 8.42 Å². The molecule has 0 spiro atoms. The van der Waals surface area contributed by atoms with Gasteiger partial charge in [0.15, 0.2) is 0 Å². The molecule has 90 valence electrons. The highest BCUT2D eigenvalue weighted by Gasteiger charge is 2.16. The molecule has 3 nitrogen and oxygen atoms in total. The Morgan fingerprint density at radius 2 is 1.88 bits per heavy atom. The van der Waals surface area contributed by atoms with Crippen LogP contribution in [0.25, 0.3) is 0 Å². The van der Waals surface area contributed by atoms with Crippen molar-refractivity contribution in [2.45, 2.75) is 13.0 Å². The Kier molecular flexibility index (Phi) is 4.77. The zero-order valence-corrected chi connectivity index (χ0v) is 11.0. The summed E-state index contributed by atoms with van der Waals surface area (Å²) >= 11 is 5.79. The molecule has 0 bridgehead atoms. The van der Waals surface area contributed by atoms with Crippen LogP contribution >= 0.6 is 11.6 Å². The molecular weight excluding hydrogens is 246 g/mol. The molecule has 0 fully saturated rings. The highest BCUT2D eigenvalue weighted by atomic mass is 35.5. The van der Waals surface area contributed by atoms with E-state index in [-0.39, 0.29) is 11.8 Å². The molecule has 1 aromatic rings. The number of halogens is 1. The van der Waals surface area contributed by atoms with Crippen LogP contribution < -0.4 is 5.32 Å². The van der Waals surface area contributed by atoms with Gasteiger partial charge in [0.25, 0.3) is 0 Å². The van der Waals surface area contributed by atoms with Crippen molar-refractivity contribution >= 4 is 21.4 Å². The van der Waals surface area contributed by atoms with Crippen LogP contribution in [0.5, 0.6) is 0 Å². The maximum Gasteiger partial charge on any atom is 0.149 e. The van der Waals surface area contributed by atoms with Crippen molar-refractivity contribution in [1.82, 2.24) is 5.32 Å². The lowest BCUT2D eigenvalue weighted by Crippen LogP contribution is -2.27. The molecule has 0 amide bonds. The molecular formula is C11H16ClNO2S. The molecule has 1 atom stereocenters. The Hall–Kier alpha value is -0.580. The topological polar surface area (TPSA) is 46.2 Å². The molecule has 0 aliphatic rings. The van der Waals surface area contributed by atoms with Crippen molar-refractivity contribution in [3.05, 3.63) is 34.9 Å². The van der Waals surface area contributed by atoms with Crippen molar-refractivity contribution in [3.63, 3.8) is 0 Å². The molecule has 1 N–H and O–H groups in total. The first-order valence-electron chi connectivity index (χ1n) is 5.09. The lowest BCUT2D eigenvalue weighted by Gasteiger charge is -2.17. The van der Waals surface area contributed by atoms with Crippen LogP contribution in [0.2, 0.25) is 5.02 Å². The maximum absolute atomic E-state index is 11.3. The zero-order valence-electron chi connectivity index (χ0n) is 9.40. The van der Waals surface area contributed by atoms with Crippen LogP contribution in [0.1, 0.15) is 18.5 Å². The number of rotatable bonds is 5.